The average Bonchev–Trinajstić information content (AvgIpc) is 2.55. The molecule has 6 heteroatoms. The van der Waals surface area contributed by atoms with Gasteiger partial charge in [-0.3, -0.25) is 9.59 Å². The number of nitrogens with zero attached hydrogens (tertiary/aromatic N) is 2. The lowest BCUT2D eigenvalue weighted by Crippen LogP contribution is -2.27. The van der Waals surface area contributed by atoms with Crippen molar-refractivity contribution < 1.29 is 9.59 Å². The molecule has 2 aromatic rings. The number of aromatic nitrogens is 2. The zero-order valence-electron chi connectivity index (χ0n) is 13.0. The largest absolute Gasteiger partial charge is 0.351 e. The number of carbonyl (C=O) groups is 2. The van der Waals surface area contributed by atoms with Gasteiger partial charge < -0.3 is 5.32 Å². The topological polar surface area (TPSA) is 72.0 Å². The summed E-state index contributed by atoms with van der Waals surface area (Å²) in [6.07, 6.45) is 4.61. The minimum atomic E-state index is -0.308. The zero-order chi connectivity index (χ0) is 16.6. The molecule has 5 nitrogen and oxygen atoms in total. The van der Waals surface area contributed by atoms with Gasteiger partial charge in [-0.1, -0.05) is 17.7 Å². The van der Waals surface area contributed by atoms with Crippen LogP contribution in [0.15, 0.2) is 41.2 Å². The second-order valence-electron chi connectivity index (χ2n) is 5.26. The maximum absolute atomic E-state index is 12.7. The van der Waals surface area contributed by atoms with Crippen molar-refractivity contribution >= 4 is 29.0 Å². The van der Waals surface area contributed by atoms with E-state index >= 15 is 0 Å². The van der Waals surface area contributed by atoms with Crippen LogP contribution in [0, 0.1) is 13.8 Å². The fourth-order valence-corrected chi connectivity index (χ4v) is 3.14. The Hall–Kier alpha value is -2.47. The van der Waals surface area contributed by atoms with E-state index in [0.29, 0.717) is 4.91 Å². The summed E-state index contributed by atoms with van der Waals surface area (Å²) in [6.45, 7) is 3.96. The molecule has 0 fully saturated rings. The molecule has 1 aromatic carbocycles. The van der Waals surface area contributed by atoms with E-state index in [1.54, 1.807) is 6.26 Å². The minimum absolute atomic E-state index is 0.0996. The van der Waals surface area contributed by atoms with Gasteiger partial charge in [-0.2, -0.15) is 0 Å². The van der Waals surface area contributed by atoms with Gasteiger partial charge >= 0.3 is 0 Å². The van der Waals surface area contributed by atoms with Gasteiger partial charge in [0, 0.05) is 18.1 Å². The number of ketones is 2. The lowest BCUT2D eigenvalue weighted by molar-refractivity contribution is 0.0975. The molecule has 1 aromatic heterocycles. The first kappa shape index (κ1) is 15.4. The summed E-state index contributed by atoms with van der Waals surface area (Å²) in [5.74, 6) is -0.579. The SMILES string of the molecule is CSC1=C(Nc2ccc(C)cc2C)C(=O)c2nccnc2C1=O. The zero-order valence-corrected chi connectivity index (χ0v) is 13.8. The van der Waals surface area contributed by atoms with Crippen molar-refractivity contribution in [1.82, 2.24) is 9.97 Å². The molecule has 0 aliphatic heterocycles. The molecule has 0 radical (unpaired) electrons. The smallest absolute Gasteiger partial charge is 0.231 e. The van der Waals surface area contributed by atoms with E-state index in [4.69, 9.17) is 0 Å². The highest BCUT2D eigenvalue weighted by Gasteiger charge is 2.34. The number of Topliss-reactive ketones (excluding diaryl/α,β-unsaturated/α-hetero) is 2. The van der Waals surface area contributed by atoms with E-state index in [-0.39, 0.29) is 28.7 Å². The Morgan fingerprint density at radius 2 is 1.65 bits per heavy atom. The molecule has 3 rings (SSSR count). The van der Waals surface area contributed by atoms with Crippen LogP contribution in [0.25, 0.3) is 0 Å². The number of fused-ring (bicyclic) bond motifs is 1. The molecular weight excluding hydrogens is 310 g/mol. The maximum atomic E-state index is 12.7. The van der Waals surface area contributed by atoms with Crippen molar-refractivity contribution in [2.45, 2.75) is 13.8 Å². The highest BCUT2D eigenvalue weighted by molar-refractivity contribution is 8.03. The molecule has 116 valence electrons. The van der Waals surface area contributed by atoms with Crippen LogP contribution in [0.4, 0.5) is 5.69 Å². The average molecular weight is 325 g/mol. The molecule has 0 saturated carbocycles. The van der Waals surface area contributed by atoms with Crippen LogP contribution in [0.1, 0.15) is 32.1 Å². The Kier molecular flexibility index (Phi) is 4.00. The quantitative estimate of drug-likeness (QED) is 0.934. The Bertz CT molecular complexity index is 859. The van der Waals surface area contributed by atoms with Gasteiger partial charge in [0.1, 0.15) is 17.1 Å². The van der Waals surface area contributed by atoms with Crippen LogP contribution >= 0.6 is 11.8 Å². The molecule has 0 atom stereocenters. The Balaban J connectivity index is 2.09. The first-order chi connectivity index (χ1) is 11.0. The number of thioether (sulfide) groups is 1. The van der Waals surface area contributed by atoms with Gasteiger partial charge in [0.2, 0.25) is 11.6 Å². The number of anilines is 1. The van der Waals surface area contributed by atoms with Crippen molar-refractivity contribution in [3.05, 3.63) is 63.7 Å². The molecule has 1 N–H and O–H groups in total. The van der Waals surface area contributed by atoms with E-state index < -0.39 is 0 Å². The predicted molar refractivity (Wildman–Crippen MR) is 90.8 cm³/mol. The van der Waals surface area contributed by atoms with Crippen LogP contribution < -0.4 is 5.32 Å². The summed E-state index contributed by atoms with van der Waals surface area (Å²) in [5, 5.41) is 3.12. The van der Waals surface area contributed by atoms with E-state index in [2.05, 4.69) is 15.3 Å². The number of nitrogens with one attached hydrogen (secondary N) is 1. The van der Waals surface area contributed by atoms with Gasteiger partial charge in [-0.05, 0) is 31.7 Å². The third kappa shape index (κ3) is 2.66. The van der Waals surface area contributed by atoms with Gasteiger partial charge in [-0.15, -0.1) is 11.8 Å². The number of aryl methyl sites for hydroxylation is 2. The van der Waals surface area contributed by atoms with Crippen molar-refractivity contribution in [2.24, 2.45) is 0 Å². The number of rotatable bonds is 3. The number of allylic oxidation sites excluding steroid dienone is 2. The predicted octanol–water partition coefficient (Wildman–Crippen LogP) is 3.16. The molecule has 1 aliphatic rings. The summed E-state index contributed by atoms with van der Waals surface area (Å²) >= 11 is 1.24. The van der Waals surface area contributed by atoms with Crippen LogP contribution in [0.5, 0.6) is 0 Å². The summed E-state index contributed by atoms with van der Waals surface area (Å²) in [5.41, 5.74) is 3.42. The van der Waals surface area contributed by atoms with Crippen molar-refractivity contribution in [2.75, 3.05) is 11.6 Å². The maximum Gasteiger partial charge on any atom is 0.231 e. The van der Waals surface area contributed by atoms with Crippen molar-refractivity contribution in [1.29, 1.82) is 0 Å². The third-order valence-electron chi connectivity index (χ3n) is 3.63. The number of carbonyl (C=O) groups excluding carboxylic acids is 2. The summed E-state index contributed by atoms with van der Waals surface area (Å²) in [4.78, 5) is 33.7. The van der Waals surface area contributed by atoms with Crippen LogP contribution in [-0.2, 0) is 0 Å². The Labute approximate surface area is 138 Å². The Morgan fingerprint density at radius 1 is 1.00 bits per heavy atom. The molecule has 0 saturated heterocycles. The molecule has 0 amide bonds. The van der Waals surface area contributed by atoms with Crippen LogP contribution in [0.2, 0.25) is 0 Å². The second-order valence-corrected chi connectivity index (χ2v) is 6.08. The Morgan fingerprint density at radius 3 is 2.26 bits per heavy atom. The molecule has 1 heterocycles. The number of hydrogen-bond donors (Lipinski definition) is 1. The van der Waals surface area contributed by atoms with Crippen LogP contribution in [0.3, 0.4) is 0 Å². The van der Waals surface area contributed by atoms with Gasteiger partial charge in [0.15, 0.2) is 0 Å². The summed E-state index contributed by atoms with van der Waals surface area (Å²) in [7, 11) is 0. The fourth-order valence-electron chi connectivity index (χ4n) is 2.51. The van der Waals surface area contributed by atoms with Gasteiger partial charge in [-0.25, -0.2) is 9.97 Å². The lowest BCUT2D eigenvalue weighted by Gasteiger charge is -2.20. The van der Waals surface area contributed by atoms with Crippen LogP contribution in [-0.4, -0.2) is 27.8 Å². The van der Waals surface area contributed by atoms with Gasteiger partial charge in [0.05, 0.1) is 4.91 Å². The number of hydrogen-bond acceptors (Lipinski definition) is 6. The lowest BCUT2D eigenvalue weighted by atomic mass is 10.0. The van der Waals surface area contributed by atoms with Crippen molar-refractivity contribution in [3.8, 4) is 0 Å². The first-order valence-corrected chi connectivity index (χ1v) is 8.28. The molecule has 0 spiro atoms. The normalized spacial score (nSPS) is 14.0. The molecule has 0 unspecified atom stereocenters. The fraction of sp³-hybridized carbons (Fsp3) is 0.176. The van der Waals surface area contributed by atoms with E-state index in [0.717, 1.165) is 16.8 Å². The monoisotopic (exact) mass is 325 g/mol. The van der Waals surface area contributed by atoms with E-state index in [9.17, 15) is 9.59 Å². The van der Waals surface area contributed by atoms with Crippen molar-refractivity contribution in [3.63, 3.8) is 0 Å². The molecular formula is C17H15N3O2S. The summed E-state index contributed by atoms with van der Waals surface area (Å²) < 4.78 is 0. The highest BCUT2D eigenvalue weighted by atomic mass is 32.2. The number of benzene rings is 1. The summed E-state index contributed by atoms with van der Waals surface area (Å²) in [6, 6.07) is 5.88. The third-order valence-corrected chi connectivity index (χ3v) is 4.43. The molecule has 1 aliphatic carbocycles. The second kappa shape index (κ2) is 5.96. The first-order valence-electron chi connectivity index (χ1n) is 7.06. The highest BCUT2D eigenvalue weighted by Crippen LogP contribution is 2.31. The van der Waals surface area contributed by atoms with Gasteiger partial charge in [0.25, 0.3) is 0 Å². The standard InChI is InChI=1S/C17H15N3O2S/c1-9-4-5-11(10(2)8-9)20-14-15(21)12-13(19-7-6-18-12)16(22)17(14)23-3/h4-8,20H,1-3H3. The van der Waals surface area contributed by atoms with E-state index in [1.165, 1.54) is 24.2 Å². The molecule has 23 heavy (non-hydrogen) atoms. The van der Waals surface area contributed by atoms with E-state index in [1.807, 2.05) is 32.0 Å². The molecule has 0 bridgehead atoms. The minimum Gasteiger partial charge on any atom is -0.351 e.